The molecule has 1 heterocycles. The lowest BCUT2D eigenvalue weighted by atomic mass is 10.1. The fourth-order valence-electron chi connectivity index (χ4n) is 2.48. The van der Waals surface area contributed by atoms with E-state index in [0.717, 1.165) is 28.1 Å². The summed E-state index contributed by atoms with van der Waals surface area (Å²) in [5.41, 5.74) is 2.08. The molecule has 126 valence electrons. The zero-order valence-corrected chi connectivity index (χ0v) is 15.7. The van der Waals surface area contributed by atoms with Gasteiger partial charge in [-0.05, 0) is 43.2 Å². The minimum absolute atomic E-state index is 0.216. The van der Waals surface area contributed by atoms with Crippen LogP contribution in [0, 0.1) is 6.92 Å². The van der Waals surface area contributed by atoms with E-state index < -0.39 is 10.0 Å². The Hall–Kier alpha value is -1.63. The van der Waals surface area contributed by atoms with Crippen molar-refractivity contribution in [1.29, 1.82) is 0 Å². The molecule has 0 saturated carbocycles. The first-order chi connectivity index (χ1) is 11.4. The van der Waals surface area contributed by atoms with E-state index in [4.69, 9.17) is 11.6 Å². The van der Waals surface area contributed by atoms with E-state index in [1.54, 1.807) is 18.2 Å². The Kier molecular flexibility index (Phi) is 4.80. The van der Waals surface area contributed by atoms with Gasteiger partial charge in [0.2, 0.25) is 0 Å². The van der Waals surface area contributed by atoms with Crippen molar-refractivity contribution in [2.24, 2.45) is 0 Å². The molecule has 0 fully saturated rings. The summed E-state index contributed by atoms with van der Waals surface area (Å²) in [5, 5.41) is 1.21. The second-order valence-electron chi connectivity index (χ2n) is 5.51. The van der Waals surface area contributed by atoms with Gasteiger partial charge in [-0.2, -0.15) is 0 Å². The Balaban J connectivity index is 1.92. The Bertz CT molecular complexity index is 980. The van der Waals surface area contributed by atoms with Gasteiger partial charge >= 0.3 is 0 Å². The summed E-state index contributed by atoms with van der Waals surface area (Å²) in [6, 6.07) is 10.4. The van der Waals surface area contributed by atoms with Crippen molar-refractivity contribution in [1.82, 2.24) is 4.98 Å². The maximum absolute atomic E-state index is 12.6. The summed E-state index contributed by atoms with van der Waals surface area (Å²) < 4.78 is 28.6. The molecule has 0 aliphatic heterocycles. The highest BCUT2D eigenvalue weighted by atomic mass is 35.5. The summed E-state index contributed by atoms with van der Waals surface area (Å²) in [4.78, 5) is 4.58. The number of thiazole rings is 1. The highest BCUT2D eigenvalue weighted by molar-refractivity contribution is 7.92. The molecule has 0 aliphatic carbocycles. The minimum atomic E-state index is -3.69. The molecule has 0 atom stereocenters. The number of rotatable bonds is 5. The molecule has 1 aromatic heterocycles. The monoisotopic (exact) mass is 380 g/mol. The number of anilines is 1. The molecule has 0 aliphatic rings. The van der Waals surface area contributed by atoms with Gasteiger partial charge in [0.15, 0.2) is 0 Å². The van der Waals surface area contributed by atoms with Crippen molar-refractivity contribution in [3.05, 3.63) is 52.0 Å². The van der Waals surface area contributed by atoms with Crippen LogP contribution in [0.15, 0.2) is 41.3 Å². The van der Waals surface area contributed by atoms with Crippen LogP contribution in [0.5, 0.6) is 0 Å². The molecular formula is C17H17ClN2O2S2. The molecule has 0 saturated heterocycles. The van der Waals surface area contributed by atoms with E-state index >= 15 is 0 Å². The van der Waals surface area contributed by atoms with Crippen molar-refractivity contribution in [2.75, 3.05) is 4.72 Å². The van der Waals surface area contributed by atoms with Gasteiger partial charge in [-0.1, -0.05) is 37.1 Å². The number of benzene rings is 2. The second-order valence-corrected chi connectivity index (χ2v) is 8.80. The zero-order valence-electron chi connectivity index (χ0n) is 13.3. The zero-order chi connectivity index (χ0) is 17.3. The SMILES string of the molecule is CCCc1ccc(S(=O)(=O)Nc2ccc3sc(C)nc3c2Cl)cc1. The molecule has 0 bridgehead atoms. The number of fused-ring (bicyclic) bond motifs is 1. The molecule has 2 aromatic carbocycles. The normalized spacial score (nSPS) is 11.8. The smallest absolute Gasteiger partial charge is 0.261 e. The van der Waals surface area contributed by atoms with E-state index in [1.165, 1.54) is 11.3 Å². The first-order valence-electron chi connectivity index (χ1n) is 7.58. The average Bonchev–Trinajstić information content (AvgIpc) is 2.92. The van der Waals surface area contributed by atoms with Crippen molar-refractivity contribution in [2.45, 2.75) is 31.6 Å². The number of nitrogens with one attached hydrogen (secondary N) is 1. The predicted molar refractivity (Wildman–Crippen MR) is 101 cm³/mol. The van der Waals surface area contributed by atoms with E-state index in [-0.39, 0.29) is 4.90 Å². The summed E-state index contributed by atoms with van der Waals surface area (Å²) >= 11 is 7.85. The van der Waals surface area contributed by atoms with Crippen molar-refractivity contribution in [3.63, 3.8) is 0 Å². The van der Waals surface area contributed by atoms with E-state index in [2.05, 4.69) is 16.6 Å². The van der Waals surface area contributed by atoms with E-state index in [1.807, 2.05) is 25.1 Å². The standard InChI is InChI=1S/C17H17ClN2O2S2/c1-3-4-12-5-7-13(8-6-12)24(21,22)20-14-9-10-15-17(16(14)18)19-11(2)23-15/h5-10,20H,3-4H2,1-2H3. The third-order valence-corrected chi connectivity index (χ3v) is 6.32. The highest BCUT2D eigenvalue weighted by Crippen LogP contribution is 2.34. The van der Waals surface area contributed by atoms with Gasteiger partial charge in [0, 0.05) is 0 Å². The fourth-order valence-corrected chi connectivity index (χ4v) is 4.75. The highest BCUT2D eigenvalue weighted by Gasteiger charge is 2.18. The molecule has 3 aromatic rings. The van der Waals surface area contributed by atoms with Gasteiger partial charge in [-0.3, -0.25) is 4.72 Å². The summed E-state index contributed by atoms with van der Waals surface area (Å²) in [6.45, 7) is 3.98. The Labute approximate surface area is 150 Å². The first kappa shape index (κ1) is 17.2. The maximum atomic E-state index is 12.6. The van der Waals surface area contributed by atoms with Crippen LogP contribution >= 0.6 is 22.9 Å². The molecule has 24 heavy (non-hydrogen) atoms. The number of aromatic nitrogens is 1. The van der Waals surface area contributed by atoms with Gasteiger partial charge in [0.05, 0.1) is 25.3 Å². The third-order valence-electron chi connectivity index (χ3n) is 3.62. The van der Waals surface area contributed by atoms with Crippen molar-refractivity contribution >= 4 is 48.9 Å². The maximum Gasteiger partial charge on any atom is 0.261 e. The van der Waals surface area contributed by atoms with Crippen molar-refractivity contribution in [3.8, 4) is 0 Å². The minimum Gasteiger partial charge on any atom is -0.278 e. The summed E-state index contributed by atoms with van der Waals surface area (Å²) in [6.07, 6.45) is 1.95. The van der Waals surface area contributed by atoms with Crippen molar-refractivity contribution < 1.29 is 8.42 Å². The lowest BCUT2D eigenvalue weighted by Crippen LogP contribution is -2.13. The lowest BCUT2D eigenvalue weighted by molar-refractivity contribution is 0.601. The van der Waals surface area contributed by atoms with Crippen LogP contribution in [0.4, 0.5) is 5.69 Å². The molecule has 0 amide bonds. The number of hydrogen-bond acceptors (Lipinski definition) is 4. The summed E-state index contributed by atoms with van der Waals surface area (Å²) in [7, 11) is -3.69. The lowest BCUT2D eigenvalue weighted by Gasteiger charge is -2.10. The van der Waals surface area contributed by atoms with Crippen LogP contribution < -0.4 is 4.72 Å². The number of nitrogens with zero attached hydrogens (tertiary/aromatic N) is 1. The molecule has 4 nitrogen and oxygen atoms in total. The third kappa shape index (κ3) is 3.41. The van der Waals surface area contributed by atoms with Gasteiger partial charge < -0.3 is 0 Å². The molecule has 7 heteroatoms. The summed E-state index contributed by atoms with van der Waals surface area (Å²) in [5.74, 6) is 0. The molecule has 1 N–H and O–H groups in total. The van der Waals surface area contributed by atoms with Crippen LogP contribution in [0.3, 0.4) is 0 Å². The number of sulfonamides is 1. The van der Waals surface area contributed by atoms with Crippen LogP contribution in [-0.4, -0.2) is 13.4 Å². The Morgan fingerprint density at radius 3 is 2.54 bits per heavy atom. The number of hydrogen-bond donors (Lipinski definition) is 1. The largest absolute Gasteiger partial charge is 0.278 e. The molecular weight excluding hydrogens is 364 g/mol. The van der Waals surface area contributed by atoms with E-state index in [9.17, 15) is 8.42 Å². The average molecular weight is 381 g/mol. The van der Waals surface area contributed by atoms with Crippen LogP contribution in [0.1, 0.15) is 23.9 Å². The Morgan fingerprint density at radius 2 is 1.88 bits per heavy atom. The quantitative estimate of drug-likeness (QED) is 0.676. The molecule has 0 radical (unpaired) electrons. The van der Waals surface area contributed by atoms with Gasteiger partial charge in [0.1, 0.15) is 5.52 Å². The predicted octanol–water partition coefficient (Wildman–Crippen LogP) is 5.01. The van der Waals surface area contributed by atoms with Gasteiger partial charge in [0.25, 0.3) is 10.0 Å². The first-order valence-corrected chi connectivity index (χ1v) is 10.3. The van der Waals surface area contributed by atoms with Crippen LogP contribution in [-0.2, 0) is 16.4 Å². The second kappa shape index (κ2) is 6.70. The number of aryl methyl sites for hydroxylation is 2. The topological polar surface area (TPSA) is 59.1 Å². The number of halogens is 1. The fraction of sp³-hybridized carbons (Fsp3) is 0.235. The van der Waals surface area contributed by atoms with Gasteiger partial charge in [-0.25, -0.2) is 13.4 Å². The van der Waals surface area contributed by atoms with Crippen LogP contribution in [0.25, 0.3) is 10.2 Å². The van der Waals surface area contributed by atoms with Crippen LogP contribution in [0.2, 0.25) is 5.02 Å². The molecule has 0 unspecified atom stereocenters. The molecule has 0 spiro atoms. The molecule has 3 rings (SSSR count). The van der Waals surface area contributed by atoms with E-state index in [0.29, 0.717) is 16.2 Å². The Morgan fingerprint density at radius 1 is 1.17 bits per heavy atom. The van der Waals surface area contributed by atoms with Gasteiger partial charge in [-0.15, -0.1) is 11.3 Å².